The Morgan fingerprint density at radius 1 is 0.952 bits per heavy atom. The Kier molecular flexibility index (Phi) is 10.1. The number of aliphatic hydroxyl groups excluding tert-OH is 1. The average molecular weight is 572 g/mol. The second-order valence-corrected chi connectivity index (χ2v) is 10.4. The maximum Gasteiger partial charge on any atom is 0.322 e. The van der Waals surface area contributed by atoms with Crippen LogP contribution in [0.3, 0.4) is 0 Å². The first-order chi connectivity index (χ1) is 20.2. The normalized spacial score (nSPS) is 13.2. The number of phenolic OH excluding ortho intramolecular Hbond substituents is 1. The summed E-state index contributed by atoms with van der Waals surface area (Å²) in [5.41, 5.74) is 6.95. The number of aromatic nitrogens is 1. The van der Waals surface area contributed by atoms with Gasteiger partial charge >= 0.3 is 5.97 Å². The summed E-state index contributed by atoms with van der Waals surface area (Å²) >= 11 is 0. The molecule has 220 valence electrons. The van der Waals surface area contributed by atoms with Crippen molar-refractivity contribution >= 4 is 22.8 Å². The molecule has 0 spiro atoms. The molecule has 0 fully saturated rings. The molecule has 3 aromatic carbocycles. The van der Waals surface area contributed by atoms with E-state index in [2.05, 4.69) is 41.6 Å². The number of carbonyl (C=O) groups excluding carboxylic acids is 1. The van der Waals surface area contributed by atoms with Crippen molar-refractivity contribution < 1.29 is 24.9 Å². The van der Waals surface area contributed by atoms with Crippen LogP contribution in [0.25, 0.3) is 10.9 Å². The van der Waals surface area contributed by atoms with E-state index in [4.69, 9.17) is 5.11 Å². The van der Waals surface area contributed by atoms with E-state index >= 15 is 0 Å². The third kappa shape index (κ3) is 7.43. The molecule has 0 bridgehead atoms. The molecule has 0 radical (unpaired) electrons. The molecule has 1 atom stereocenters. The minimum atomic E-state index is -1.05. The van der Waals surface area contributed by atoms with Gasteiger partial charge in [0.2, 0.25) is 5.56 Å². The third-order valence-electron chi connectivity index (χ3n) is 7.52. The molecule has 9 nitrogen and oxygen atoms in total. The zero-order chi connectivity index (χ0) is 30.2. The molecule has 1 heterocycles. The van der Waals surface area contributed by atoms with Crippen molar-refractivity contribution in [3.8, 4) is 5.75 Å². The molecule has 1 aromatic heterocycles. The summed E-state index contributed by atoms with van der Waals surface area (Å²) < 4.78 is 0. The van der Waals surface area contributed by atoms with Crippen LogP contribution in [-0.2, 0) is 30.5 Å². The topological polar surface area (TPSA) is 152 Å². The number of aromatic hydroxyl groups is 1. The summed E-state index contributed by atoms with van der Waals surface area (Å²) in [5.74, 6) is -1.42. The lowest BCUT2D eigenvalue weighted by Crippen LogP contribution is -2.33. The highest BCUT2D eigenvalue weighted by Gasteiger charge is 2.24. The Bertz CT molecular complexity index is 1580. The van der Waals surface area contributed by atoms with E-state index in [-0.39, 0.29) is 23.8 Å². The van der Waals surface area contributed by atoms with Crippen molar-refractivity contribution in [3.05, 3.63) is 110 Å². The number of carboxylic acid groups (broad SMARTS) is 1. The smallest absolute Gasteiger partial charge is 0.322 e. The first-order valence-corrected chi connectivity index (χ1v) is 14.1. The van der Waals surface area contributed by atoms with Gasteiger partial charge in [-0.1, -0.05) is 50.2 Å². The zero-order valence-corrected chi connectivity index (χ0v) is 23.8. The number of rotatable bonds is 9. The fraction of sp³-hybridized carbons (Fsp3) is 0.303. The van der Waals surface area contributed by atoms with Crippen molar-refractivity contribution in [1.82, 2.24) is 15.6 Å². The van der Waals surface area contributed by atoms with Gasteiger partial charge in [0.15, 0.2) is 0 Å². The van der Waals surface area contributed by atoms with Crippen LogP contribution in [0.4, 0.5) is 0 Å². The Labute approximate surface area is 244 Å². The van der Waals surface area contributed by atoms with Gasteiger partial charge in [0.05, 0.1) is 11.6 Å². The summed E-state index contributed by atoms with van der Waals surface area (Å²) in [6.45, 7) is 4.47. The van der Waals surface area contributed by atoms with Gasteiger partial charge in [-0.15, -0.1) is 0 Å². The number of carboxylic acids is 1. The molecule has 42 heavy (non-hydrogen) atoms. The number of hydrogen-bond donors (Lipinski definition) is 6. The van der Waals surface area contributed by atoms with Crippen LogP contribution in [0.2, 0.25) is 0 Å². The number of aromatic amines is 1. The number of H-pyrrole nitrogens is 1. The highest BCUT2D eigenvalue weighted by atomic mass is 16.4. The Balaban J connectivity index is 0.000000262. The Morgan fingerprint density at radius 3 is 2.19 bits per heavy atom. The van der Waals surface area contributed by atoms with Crippen LogP contribution in [0.5, 0.6) is 5.75 Å². The van der Waals surface area contributed by atoms with E-state index in [0.29, 0.717) is 34.6 Å². The number of aryl methyl sites for hydroxylation is 2. The molecule has 0 saturated carbocycles. The van der Waals surface area contributed by atoms with Crippen molar-refractivity contribution in [2.24, 2.45) is 0 Å². The van der Waals surface area contributed by atoms with Gasteiger partial charge in [0.25, 0.3) is 5.91 Å². The largest absolute Gasteiger partial charge is 0.506 e. The molecule has 0 aliphatic heterocycles. The van der Waals surface area contributed by atoms with E-state index in [0.717, 1.165) is 25.7 Å². The van der Waals surface area contributed by atoms with Gasteiger partial charge in [-0.3, -0.25) is 14.4 Å². The number of nitrogens with one attached hydrogen (secondary N) is 3. The first-order valence-electron chi connectivity index (χ1n) is 14.1. The van der Waals surface area contributed by atoms with Crippen molar-refractivity contribution in [3.63, 3.8) is 0 Å². The second kappa shape index (κ2) is 13.9. The molecule has 5 rings (SSSR count). The van der Waals surface area contributed by atoms with E-state index in [1.54, 1.807) is 42.5 Å². The number of fused-ring (bicyclic) bond motifs is 2. The number of pyridine rings is 1. The van der Waals surface area contributed by atoms with Gasteiger partial charge in [0.1, 0.15) is 12.3 Å². The molecule has 0 saturated heterocycles. The fourth-order valence-corrected chi connectivity index (χ4v) is 5.36. The molecule has 6 N–H and O–H groups in total. The predicted octanol–water partition coefficient (Wildman–Crippen LogP) is 3.65. The summed E-state index contributed by atoms with van der Waals surface area (Å²) in [5, 5.41) is 35.5. The van der Waals surface area contributed by atoms with E-state index < -0.39 is 12.1 Å². The molecular weight excluding hydrogens is 534 g/mol. The van der Waals surface area contributed by atoms with Gasteiger partial charge in [-0.05, 0) is 77.8 Å². The number of hydrogen-bond acceptors (Lipinski definition) is 6. The second-order valence-electron chi connectivity index (χ2n) is 10.4. The lowest BCUT2D eigenvalue weighted by Gasteiger charge is -2.18. The van der Waals surface area contributed by atoms with Crippen LogP contribution in [-0.4, -0.2) is 51.3 Å². The number of phenols is 1. The number of amides is 1. The lowest BCUT2D eigenvalue weighted by molar-refractivity contribution is -0.135. The van der Waals surface area contributed by atoms with E-state index in [1.807, 2.05) is 0 Å². The maximum absolute atomic E-state index is 11.6. The minimum Gasteiger partial charge on any atom is -0.506 e. The van der Waals surface area contributed by atoms with E-state index in [1.165, 1.54) is 34.4 Å². The van der Waals surface area contributed by atoms with Gasteiger partial charge in [0, 0.05) is 29.6 Å². The zero-order valence-electron chi connectivity index (χ0n) is 23.8. The maximum atomic E-state index is 11.6. The van der Waals surface area contributed by atoms with Crippen molar-refractivity contribution in [1.29, 1.82) is 0 Å². The number of aliphatic hydroxyl groups is 1. The number of aliphatic carboxylic acids is 1. The average Bonchev–Trinajstić information content (AvgIpc) is 3.40. The SMILES string of the molecule is CCc1cc2c(cc1CC)CC(NC[C@H](O)c1ccc(O)c3[nH]c(=O)ccc13)C2.O=C(O)CNC(=O)c1ccccc1. The fourth-order valence-electron chi connectivity index (χ4n) is 5.36. The molecule has 0 unspecified atom stereocenters. The third-order valence-corrected chi connectivity index (χ3v) is 7.52. The highest BCUT2D eigenvalue weighted by Crippen LogP contribution is 2.30. The number of benzene rings is 3. The minimum absolute atomic E-state index is 0.00584. The summed E-state index contributed by atoms with van der Waals surface area (Å²) in [6, 6.07) is 19.8. The van der Waals surface area contributed by atoms with Gasteiger partial charge in [-0.2, -0.15) is 0 Å². The summed E-state index contributed by atoms with van der Waals surface area (Å²) in [7, 11) is 0. The van der Waals surface area contributed by atoms with Crippen LogP contribution in [0.1, 0.15) is 58.1 Å². The molecule has 1 aliphatic carbocycles. The molecule has 9 heteroatoms. The Hall–Kier alpha value is -4.47. The van der Waals surface area contributed by atoms with Crippen LogP contribution < -0.4 is 16.2 Å². The number of carbonyl (C=O) groups is 2. The molecule has 1 amide bonds. The predicted molar refractivity (Wildman–Crippen MR) is 162 cm³/mol. The first kappa shape index (κ1) is 30.5. The van der Waals surface area contributed by atoms with Crippen LogP contribution >= 0.6 is 0 Å². The van der Waals surface area contributed by atoms with Gasteiger partial charge < -0.3 is 30.9 Å². The summed E-state index contributed by atoms with van der Waals surface area (Å²) in [4.78, 5) is 35.5. The van der Waals surface area contributed by atoms with Crippen LogP contribution in [0, 0.1) is 0 Å². The van der Waals surface area contributed by atoms with Crippen molar-refractivity contribution in [2.45, 2.75) is 51.7 Å². The molecule has 4 aromatic rings. The van der Waals surface area contributed by atoms with Gasteiger partial charge in [-0.25, -0.2) is 0 Å². The lowest BCUT2D eigenvalue weighted by atomic mass is 9.97. The van der Waals surface area contributed by atoms with Crippen molar-refractivity contribution in [2.75, 3.05) is 13.1 Å². The quantitative estimate of drug-likeness (QED) is 0.179. The highest BCUT2D eigenvalue weighted by molar-refractivity contribution is 5.95. The molecular formula is C33H37N3O6. The summed E-state index contributed by atoms with van der Waals surface area (Å²) in [6.07, 6.45) is 3.34. The molecule has 1 aliphatic rings. The Morgan fingerprint density at radius 2 is 1.60 bits per heavy atom. The van der Waals surface area contributed by atoms with E-state index in [9.17, 15) is 24.6 Å². The van der Waals surface area contributed by atoms with Crippen LogP contribution in [0.15, 0.2) is 71.5 Å². The standard InChI is InChI=1S/C24H28N2O3.C9H9NO3/c1-3-14-9-16-11-18(12-17(16)10-15(14)4-2)25-13-22(28)19-5-7-21(27)24-20(19)6-8-23(29)26-24;11-8(12)6-10-9(13)7-4-2-1-3-5-7/h5-10,18,22,25,27-28H,3-4,11-13H2,1-2H3,(H,26,29);1-5H,6H2,(H,10,13)(H,11,12)/t22-;/m0./s1. The monoisotopic (exact) mass is 571 g/mol.